The van der Waals surface area contributed by atoms with Gasteiger partial charge in [-0.1, -0.05) is 159 Å². The highest BCUT2D eigenvalue weighted by Crippen LogP contribution is 2.49. The van der Waals surface area contributed by atoms with E-state index in [4.69, 9.17) is 9.47 Å². The summed E-state index contributed by atoms with van der Waals surface area (Å²) in [5.74, 6) is 4.08. The van der Waals surface area contributed by atoms with Crippen molar-refractivity contribution in [2.24, 2.45) is 5.92 Å². The molecule has 12 rings (SSSR count). The maximum Gasteiger partial charge on any atom is 0.260 e. The molecule has 0 amide bonds. The Kier molecular flexibility index (Phi) is 8.11. The van der Waals surface area contributed by atoms with E-state index in [9.17, 15) is 0 Å². The molecule has 0 saturated heterocycles. The Morgan fingerprint density at radius 2 is 1.20 bits per heavy atom. The van der Waals surface area contributed by atoms with Crippen LogP contribution in [0.4, 0.5) is 0 Å². The van der Waals surface area contributed by atoms with Crippen LogP contribution in [-0.2, 0) is 11.8 Å². The topological polar surface area (TPSA) is 18.5 Å². The van der Waals surface area contributed by atoms with E-state index in [2.05, 4.69) is 184 Å². The highest BCUT2D eigenvalue weighted by Gasteiger charge is 2.41. The molecule has 4 aliphatic rings. The van der Waals surface area contributed by atoms with Crippen LogP contribution in [-0.4, -0.2) is 6.71 Å². The normalized spacial score (nSPS) is 16.1. The molecule has 0 bridgehead atoms. The van der Waals surface area contributed by atoms with Crippen LogP contribution in [0, 0.1) is 5.92 Å². The zero-order valence-electron chi connectivity index (χ0n) is 34.2. The largest absolute Gasteiger partial charge is 0.458 e. The van der Waals surface area contributed by atoms with Gasteiger partial charge < -0.3 is 9.47 Å². The average molecular weight is 773 g/mol. The number of hydrogen-bond acceptors (Lipinski definition) is 2. The lowest BCUT2D eigenvalue weighted by Gasteiger charge is -2.37. The molecule has 288 valence electrons. The summed E-state index contributed by atoms with van der Waals surface area (Å²) >= 11 is 0. The second-order valence-corrected chi connectivity index (χ2v) is 17.7. The van der Waals surface area contributed by atoms with E-state index in [1.807, 2.05) is 0 Å². The Morgan fingerprint density at radius 1 is 0.550 bits per heavy atom. The molecule has 2 heterocycles. The molecule has 2 aliphatic heterocycles. The van der Waals surface area contributed by atoms with E-state index >= 15 is 0 Å². The van der Waals surface area contributed by atoms with E-state index in [1.165, 1.54) is 96.2 Å². The Balaban J connectivity index is 1.07. The van der Waals surface area contributed by atoms with Crippen molar-refractivity contribution in [3.05, 3.63) is 181 Å². The van der Waals surface area contributed by atoms with Crippen LogP contribution in [0.5, 0.6) is 23.0 Å². The van der Waals surface area contributed by atoms with Gasteiger partial charge in [0.05, 0.1) is 0 Å². The third-order valence-corrected chi connectivity index (χ3v) is 14.1. The first kappa shape index (κ1) is 35.4. The van der Waals surface area contributed by atoms with Gasteiger partial charge in [-0.25, -0.2) is 0 Å². The molecule has 0 saturated carbocycles. The minimum atomic E-state index is -0.0207. The Hall–Kier alpha value is -6.58. The van der Waals surface area contributed by atoms with Gasteiger partial charge in [0.25, 0.3) is 6.71 Å². The molecule has 1 atom stereocenters. The van der Waals surface area contributed by atoms with Gasteiger partial charge in [-0.3, -0.25) is 0 Å². The maximum atomic E-state index is 7.15. The zero-order valence-corrected chi connectivity index (χ0v) is 34.2. The Bertz CT molecular complexity index is 3060. The molecule has 8 aromatic rings. The van der Waals surface area contributed by atoms with E-state index in [1.54, 1.807) is 0 Å². The standard InChI is InChI=1S/C57H45BO2/c1-57(2,38-19-7-4-8-20-38)39-29-32-49-51(35-39)60-53-34-37(33-52-56(53)58(49)48-27-15-16-28-50(48)59-52)54-43-23-11-13-25-45(43)55(46-26-14-12-24-44(46)54)47-31-30-40(36-17-5-3-6-18-36)41-21-9-10-22-42(41)47/h3,5-7,9,11-19,21,23-35,38H,4,8,10,20,22H2,1-2H3. The summed E-state index contributed by atoms with van der Waals surface area (Å²) in [6, 6.07) is 53.7. The molecule has 1 unspecified atom stereocenters. The van der Waals surface area contributed by atoms with Crippen molar-refractivity contribution < 1.29 is 9.47 Å². The summed E-state index contributed by atoms with van der Waals surface area (Å²) in [6.07, 6.45) is 15.2. The van der Waals surface area contributed by atoms with Crippen molar-refractivity contribution in [1.29, 1.82) is 0 Å². The lowest BCUT2D eigenvalue weighted by atomic mass is 9.34. The van der Waals surface area contributed by atoms with Crippen LogP contribution in [0.1, 0.15) is 56.2 Å². The fraction of sp³-hybridized carbons (Fsp3) is 0.158. The number of para-hydroxylation sites is 1. The van der Waals surface area contributed by atoms with Gasteiger partial charge in [0.15, 0.2) is 0 Å². The van der Waals surface area contributed by atoms with Crippen LogP contribution >= 0.6 is 0 Å². The van der Waals surface area contributed by atoms with Gasteiger partial charge in [0.2, 0.25) is 0 Å². The molecule has 0 N–H and O–H groups in total. The van der Waals surface area contributed by atoms with Crippen LogP contribution in [0.2, 0.25) is 0 Å². The summed E-state index contributed by atoms with van der Waals surface area (Å²) in [5, 5.41) is 4.94. The van der Waals surface area contributed by atoms with Gasteiger partial charge in [-0.05, 0) is 150 Å². The van der Waals surface area contributed by atoms with E-state index in [0.29, 0.717) is 5.92 Å². The number of benzene rings is 8. The van der Waals surface area contributed by atoms with Gasteiger partial charge in [0.1, 0.15) is 23.0 Å². The van der Waals surface area contributed by atoms with Gasteiger partial charge >= 0.3 is 0 Å². The lowest BCUT2D eigenvalue weighted by Crippen LogP contribution is -2.57. The summed E-state index contributed by atoms with van der Waals surface area (Å²) < 4.78 is 14.0. The monoisotopic (exact) mass is 772 g/mol. The SMILES string of the molecule is CC(C)(c1ccc2c(c1)Oc1cc(-c3c4ccccc4c(-c4ccc(-c5ccccc5)c5c4CCC=C5)c4ccccc34)cc3c1B2c1ccccc1O3)C1C=CCCC1. The summed E-state index contributed by atoms with van der Waals surface area (Å²) in [5.41, 5.74) is 15.0. The Morgan fingerprint density at radius 3 is 1.93 bits per heavy atom. The van der Waals surface area contributed by atoms with Crippen molar-refractivity contribution in [2.75, 3.05) is 0 Å². The molecular weight excluding hydrogens is 727 g/mol. The number of rotatable bonds is 5. The van der Waals surface area contributed by atoms with Crippen molar-refractivity contribution in [2.45, 2.75) is 51.4 Å². The first-order valence-electron chi connectivity index (χ1n) is 21.8. The molecular formula is C57H45BO2. The summed E-state index contributed by atoms with van der Waals surface area (Å²) in [6.45, 7) is 4.81. The van der Waals surface area contributed by atoms with Crippen molar-refractivity contribution in [3.63, 3.8) is 0 Å². The summed E-state index contributed by atoms with van der Waals surface area (Å²) in [7, 11) is 0. The maximum absolute atomic E-state index is 7.15. The highest BCUT2D eigenvalue weighted by atomic mass is 16.5. The fourth-order valence-electron chi connectivity index (χ4n) is 11.0. The van der Waals surface area contributed by atoms with Gasteiger partial charge in [-0.15, -0.1) is 0 Å². The molecule has 8 aromatic carbocycles. The molecule has 60 heavy (non-hydrogen) atoms. The Labute approximate surface area is 352 Å². The summed E-state index contributed by atoms with van der Waals surface area (Å²) in [4.78, 5) is 0. The number of allylic oxidation sites excluding steroid dienone is 3. The van der Waals surface area contributed by atoms with Crippen LogP contribution in [0.25, 0.3) is 61.0 Å². The predicted molar refractivity (Wildman–Crippen MR) is 252 cm³/mol. The quantitative estimate of drug-likeness (QED) is 0.0985. The number of ether oxygens (including phenoxy) is 2. The van der Waals surface area contributed by atoms with Crippen LogP contribution in [0.3, 0.4) is 0 Å². The molecule has 2 nitrogen and oxygen atoms in total. The van der Waals surface area contributed by atoms with Crippen LogP contribution in [0.15, 0.2) is 164 Å². The highest BCUT2D eigenvalue weighted by molar-refractivity contribution is 6.98. The number of hydrogen-bond donors (Lipinski definition) is 0. The third-order valence-electron chi connectivity index (χ3n) is 14.1. The van der Waals surface area contributed by atoms with E-state index < -0.39 is 0 Å². The minimum Gasteiger partial charge on any atom is -0.458 e. The molecule has 0 fully saturated rings. The third kappa shape index (κ3) is 5.41. The molecule has 0 spiro atoms. The van der Waals surface area contributed by atoms with Gasteiger partial charge in [-0.2, -0.15) is 0 Å². The first-order valence-corrected chi connectivity index (χ1v) is 21.8. The second kappa shape index (κ2) is 13.7. The fourth-order valence-corrected chi connectivity index (χ4v) is 11.0. The zero-order chi connectivity index (χ0) is 40.0. The number of fused-ring (bicyclic) bond motifs is 7. The first-order chi connectivity index (χ1) is 29.5. The van der Waals surface area contributed by atoms with Crippen LogP contribution < -0.4 is 25.9 Å². The van der Waals surface area contributed by atoms with Crippen molar-refractivity contribution >= 4 is 50.7 Å². The smallest absolute Gasteiger partial charge is 0.260 e. The molecule has 0 aromatic heterocycles. The van der Waals surface area contributed by atoms with Gasteiger partial charge in [0, 0.05) is 5.46 Å². The van der Waals surface area contributed by atoms with E-state index in [0.717, 1.165) is 46.9 Å². The lowest BCUT2D eigenvalue weighted by molar-refractivity contribution is 0.343. The van der Waals surface area contributed by atoms with Crippen molar-refractivity contribution in [1.82, 2.24) is 0 Å². The molecule has 2 aliphatic carbocycles. The second-order valence-electron chi connectivity index (χ2n) is 17.7. The average Bonchev–Trinajstić information content (AvgIpc) is 3.30. The minimum absolute atomic E-state index is 0.0134. The van der Waals surface area contributed by atoms with Crippen molar-refractivity contribution in [3.8, 4) is 56.4 Å². The van der Waals surface area contributed by atoms with E-state index in [-0.39, 0.29) is 12.1 Å². The molecule has 0 radical (unpaired) electrons. The predicted octanol–water partition coefficient (Wildman–Crippen LogP) is 13.3. The molecule has 3 heteroatoms.